The van der Waals surface area contributed by atoms with Crippen molar-refractivity contribution >= 4 is 5.91 Å². The van der Waals surface area contributed by atoms with E-state index >= 15 is 0 Å². The van der Waals surface area contributed by atoms with E-state index in [1.165, 1.54) is 12.1 Å². The Morgan fingerprint density at radius 3 is 2.50 bits per heavy atom. The van der Waals surface area contributed by atoms with Crippen molar-refractivity contribution in [1.82, 2.24) is 15.0 Å². The van der Waals surface area contributed by atoms with Gasteiger partial charge in [0, 0.05) is 25.3 Å². The van der Waals surface area contributed by atoms with E-state index in [-0.39, 0.29) is 5.91 Å². The van der Waals surface area contributed by atoms with Crippen molar-refractivity contribution in [3.05, 3.63) is 58.4 Å². The van der Waals surface area contributed by atoms with Gasteiger partial charge in [-0.3, -0.25) is 10.2 Å². The number of rotatable bonds is 4. The van der Waals surface area contributed by atoms with Gasteiger partial charge in [-0.15, -0.1) is 0 Å². The van der Waals surface area contributed by atoms with Gasteiger partial charge in [-0.2, -0.15) is 0 Å². The molecule has 3 rings (SSSR count). The molecule has 1 aliphatic heterocycles. The molecule has 2 heterocycles. The van der Waals surface area contributed by atoms with Crippen LogP contribution in [-0.2, 0) is 6.54 Å². The van der Waals surface area contributed by atoms with Gasteiger partial charge in [-0.25, -0.2) is 13.8 Å². The zero-order valence-electron chi connectivity index (χ0n) is 13.9. The van der Waals surface area contributed by atoms with Crippen LogP contribution in [0.1, 0.15) is 40.2 Å². The summed E-state index contributed by atoms with van der Waals surface area (Å²) in [7, 11) is 0. The summed E-state index contributed by atoms with van der Waals surface area (Å²) in [4.78, 5) is 12.7. The third kappa shape index (κ3) is 3.33. The highest BCUT2D eigenvalue weighted by Gasteiger charge is 2.21. The van der Waals surface area contributed by atoms with Gasteiger partial charge in [0.2, 0.25) is 0 Å². The normalized spacial score (nSPS) is 15.0. The number of carbonyl (C=O) groups excluding carboxylic acids is 1. The Hall–Kier alpha value is -2.21. The fraction of sp³-hybridized carbons (Fsp3) is 0.389. The van der Waals surface area contributed by atoms with Gasteiger partial charge in [0.05, 0.1) is 0 Å². The standard InChI is InChI=1S/C18H21F2N3O/c1-12-9-13(2)23(11-14-5-6-15(19)16(20)10-14)17(12)18(24)21-22-7-3-4-8-22/h5-6,9-10H,3-4,7-8,11H2,1-2H3,(H,21,24). The lowest BCUT2D eigenvalue weighted by atomic mass is 10.2. The first-order valence-electron chi connectivity index (χ1n) is 8.12. The summed E-state index contributed by atoms with van der Waals surface area (Å²) in [5.74, 6) is -1.91. The summed E-state index contributed by atoms with van der Waals surface area (Å²) < 4.78 is 28.4. The zero-order valence-corrected chi connectivity index (χ0v) is 13.9. The highest BCUT2D eigenvalue weighted by Crippen LogP contribution is 2.19. The largest absolute Gasteiger partial charge is 0.336 e. The smallest absolute Gasteiger partial charge is 0.282 e. The Balaban J connectivity index is 1.87. The van der Waals surface area contributed by atoms with Gasteiger partial charge in [0.25, 0.3) is 5.91 Å². The molecule has 1 saturated heterocycles. The van der Waals surface area contributed by atoms with Gasteiger partial charge in [-0.1, -0.05) is 6.07 Å². The molecule has 1 aromatic heterocycles. The molecule has 0 unspecified atom stereocenters. The van der Waals surface area contributed by atoms with E-state index in [9.17, 15) is 13.6 Å². The molecule has 1 amide bonds. The van der Waals surface area contributed by atoms with Crippen molar-refractivity contribution in [3.8, 4) is 0 Å². The number of nitrogens with one attached hydrogen (secondary N) is 1. The van der Waals surface area contributed by atoms with Crippen molar-refractivity contribution in [2.24, 2.45) is 0 Å². The van der Waals surface area contributed by atoms with Crippen molar-refractivity contribution in [2.75, 3.05) is 13.1 Å². The molecule has 0 bridgehead atoms. The Bertz CT molecular complexity index is 764. The Labute approximate surface area is 140 Å². The summed E-state index contributed by atoms with van der Waals surface area (Å²) in [5, 5.41) is 1.92. The second-order valence-electron chi connectivity index (χ2n) is 6.29. The van der Waals surface area contributed by atoms with E-state index in [4.69, 9.17) is 0 Å². The maximum Gasteiger partial charge on any atom is 0.282 e. The molecule has 1 aromatic carbocycles. The lowest BCUT2D eigenvalue weighted by Gasteiger charge is -2.18. The summed E-state index contributed by atoms with van der Waals surface area (Å²) in [5.41, 5.74) is 5.88. The first-order chi connectivity index (χ1) is 11.5. The third-order valence-electron chi connectivity index (χ3n) is 4.40. The number of hydrazine groups is 1. The lowest BCUT2D eigenvalue weighted by molar-refractivity contribution is 0.0815. The van der Waals surface area contributed by atoms with E-state index in [2.05, 4.69) is 5.43 Å². The molecular formula is C18H21F2N3O. The van der Waals surface area contributed by atoms with E-state index < -0.39 is 11.6 Å². The number of carbonyl (C=O) groups is 1. The molecule has 2 aromatic rings. The van der Waals surface area contributed by atoms with Crippen LogP contribution in [0, 0.1) is 25.5 Å². The number of nitrogens with zero attached hydrogens (tertiary/aromatic N) is 2. The number of halogens is 2. The lowest BCUT2D eigenvalue weighted by Crippen LogP contribution is -2.41. The number of amides is 1. The van der Waals surface area contributed by atoms with Gasteiger partial charge in [0.15, 0.2) is 11.6 Å². The summed E-state index contributed by atoms with van der Waals surface area (Å²) in [6.45, 7) is 5.81. The van der Waals surface area contributed by atoms with Crippen LogP contribution in [0.15, 0.2) is 24.3 Å². The van der Waals surface area contributed by atoms with Crippen LogP contribution >= 0.6 is 0 Å². The van der Waals surface area contributed by atoms with Crippen LogP contribution in [0.3, 0.4) is 0 Å². The maximum atomic E-state index is 13.4. The second kappa shape index (κ2) is 6.73. The molecule has 1 fully saturated rings. The van der Waals surface area contributed by atoms with E-state index in [1.54, 1.807) is 0 Å². The second-order valence-corrected chi connectivity index (χ2v) is 6.29. The fourth-order valence-corrected chi connectivity index (χ4v) is 3.20. The van der Waals surface area contributed by atoms with E-state index in [1.807, 2.05) is 29.5 Å². The van der Waals surface area contributed by atoms with Crippen LogP contribution in [0.5, 0.6) is 0 Å². The quantitative estimate of drug-likeness (QED) is 0.933. The Morgan fingerprint density at radius 2 is 1.83 bits per heavy atom. The first-order valence-corrected chi connectivity index (χ1v) is 8.12. The Morgan fingerprint density at radius 1 is 1.12 bits per heavy atom. The minimum atomic E-state index is -0.878. The Kier molecular flexibility index (Phi) is 4.66. The fourth-order valence-electron chi connectivity index (χ4n) is 3.20. The molecule has 0 atom stereocenters. The molecular weight excluding hydrogens is 312 g/mol. The number of aromatic nitrogens is 1. The highest BCUT2D eigenvalue weighted by atomic mass is 19.2. The average molecular weight is 333 g/mol. The monoisotopic (exact) mass is 333 g/mol. The summed E-state index contributed by atoms with van der Waals surface area (Å²) in [6, 6.07) is 5.75. The van der Waals surface area contributed by atoms with Crippen LogP contribution in [0.4, 0.5) is 8.78 Å². The summed E-state index contributed by atoms with van der Waals surface area (Å²) in [6.07, 6.45) is 2.16. The van der Waals surface area contributed by atoms with Gasteiger partial charge in [0.1, 0.15) is 5.69 Å². The average Bonchev–Trinajstić information content (AvgIpc) is 3.11. The molecule has 1 aliphatic rings. The molecule has 0 spiro atoms. The van der Waals surface area contributed by atoms with Crippen molar-refractivity contribution < 1.29 is 13.6 Å². The van der Waals surface area contributed by atoms with Crippen molar-refractivity contribution in [1.29, 1.82) is 0 Å². The first kappa shape index (κ1) is 16.6. The van der Waals surface area contributed by atoms with Gasteiger partial charge < -0.3 is 4.57 Å². The van der Waals surface area contributed by atoms with Crippen molar-refractivity contribution in [2.45, 2.75) is 33.2 Å². The minimum absolute atomic E-state index is 0.162. The molecule has 0 saturated carbocycles. The molecule has 4 nitrogen and oxygen atoms in total. The third-order valence-corrected chi connectivity index (χ3v) is 4.40. The van der Waals surface area contributed by atoms with Gasteiger partial charge >= 0.3 is 0 Å². The van der Waals surface area contributed by atoms with Crippen LogP contribution in [0.25, 0.3) is 0 Å². The maximum absolute atomic E-state index is 13.4. The molecule has 0 radical (unpaired) electrons. The van der Waals surface area contributed by atoms with Gasteiger partial charge in [-0.05, 0) is 56.0 Å². The number of hydrogen-bond acceptors (Lipinski definition) is 2. The van der Waals surface area contributed by atoms with Crippen LogP contribution < -0.4 is 5.43 Å². The van der Waals surface area contributed by atoms with E-state index in [0.717, 1.165) is 43.3 Å². The molecule has 24 heavy (non-hydrogen) atoms. The molecule has 128 valence electrons. The number of benzene rings is 1. The predicted molar refractivity (Wildman–Crippen MR) is 87.6 cm³/mol. The minimum Gasteiger partial charge on any atom is -0.336 e. The van der Waals surface area contributed by atoms with Crippen LogP contribution in [0.2, 0.25) is 0 Å². The van der Waals surface area contributed by atoms with Crippen molar-refractivity contribution in [3.63, 3.8) is 0 Å². The molecule has 0 aliphatic carbocycles. The summed E-state index contributed by atoms with van der Waals surface area (Å²) >= 11 is 0. The number of aryl methyl sites for hydroxylation is 2. The zero-order chi connectivity index (χ0) is 17.3. The molecule has 1 N–H and O–H groups in total. The number of hydrogen-bond donors (Lipinski definition) is 1. The van der Waals surface area contributed by atoms with Crippen LogP contribution in [-0.4, -0.2) is 28.6 Å². The molecule has 6 heteroatoms. The van der Waals surface area contributed by atoms with E-state index in [0.29, 0.717) is 17.8 Å². The highest BCUT2D eigenvalue weighted by molar-refractivity contribution is 5.94. The predicted octanol–water partition coefficient (Wildman–Crippen LogP) is 3.17. The SMILES string of the molecule is Cc1cc(C)n(Cc2ccc(F)c(F)c2)c1C(=O)NN1CCCC1. The topological polar surface area (TPSA) is 37.3 Å².